The molecule has 3 unspecified atom stereocenters. The summed E-state index contributed by atoms with van der Waals surface area (Å²) >= 11 is 6.28. The van der Waals surface area contributed by atoms with Crippen molar-refractivity contribution in [3.8, 4) is 0 Å². The maximum atomic E-state index is 13.2. The Morgan fingerprint density at radius 3 is 2.31 bits per heavy atom. The number of halogens is 1. The molecule has 166 valence electrons. The van der Waals surface area contributed by atoms with Gasteiger partial charge in [-0.15, -0.1) is 11.6 Å². The average molecular weight is 467 g/mol. The zero-order valence-corrected chi connectivity index (χ0v) is 19.8. The lowest BCUT2D eigenvalue weighted by Crippen LogP contribution is -2.44. The fourth-order valence-corrected chi connectivity index (χ4v) is 7.30. The summed E-state index contributed by atoms with van der Waals surface area (Å²) in [5.74, 6) is 0.357. The number of nitrogens with one attached hydrogen (secondary N) is 1. The van der Waals surface area contributed by atoms with Gasteiger partial charge in [-0.3, -0.25) is 0 Å². The van der Waals surface area contributed by atoms with Gasteiger partial charge in [-0.25, -0.2) is 26.7 Å². The van der Waals surface area contributed by atoms with Crippen LogP contribution in [0.3, 0.4) is 0 Å². The highest BCUT2D eigenvalue weighted by Gasteiger charge is 2.39. The van der Waals surface area contributed by atoms with Gasteiger partial charge < -0.3 is 10.6 Å². The van der Waals surface area contributed by atoms with Gasteiger partial charge in [0.25, 0.3) is 0 Å². The quantitative estimate of drug-likeness (QED) is 0.525. The van der Waals surface area contributed by atoms with Gasteiger partial charge in [0.2, 0.25) is 20.0 Å². The number of hydrogen-bond donors (Lipinski definition) is 3. The molecule has 0 bridgehead atoms. The lowest BCUT2D eigenvalue weighted by atomic mass is 9.71. The summed E-state index contributed by atoms with van der Waals surface area (Å²) in [6.45, 7) is 6.30. The van der Waals surface area contributed by atoms with Crippen LogP contribution in [0.4, 0.5) is 0 Å². The van der Waals surface area contributed by atoms with Crippen molar-refractivity contribution in [1.29, 1.82) is 0 Å². The number of sulfonamides is 2. The van der Waals surface area contributed by atoms with Crippen molar-refractivity contribution in [2.45, 2.75) is 51.5 Å². The molecule has 0 aromatic rings. The Kier molecular flexibility index (Phi) is 6.86. The molecule has 0 amide bonds. The molecule has 2 rings (SSSR count). The third kappa shape index (κ3) is 5.75. The van der Waals surface area contributed by atoms with Crippen LogP contribution in [-0.2, 0) is 20.0 Å². The fraction of sp³-hybridized carbons (Fsp3) is 0.667. The predicted octanol–water partition coefficient (Wildman–Crippen LogP) is 1.53. The van der Waals surface area contributed by atoms with Crippen molar-refractivity contribution in [3.63, 3.8) is 0 Å². The minimum absolute atomic E-state index is 0.00381. The van der Waals surface area contributed by atoms with E-state index in [9.17, 15) is 16.8 Å². The number of allylic oxidation sites excluding steroid dienone is 3. The predicted molar refractivity (Wildman–Crippen MR) is 116 cm³/mol. The molecule has 8 nitrogen and oxygen atoms in total. The van der Waals surface area contributed by atoms with Crippen LogP contribution in [0.25, 0.3) is 0 Å². The normalized spacial score (nSPS) is 29.7. The molecule has 0 saturated heterocycles. The summed E-state index contributed by atoms with van der Waals surface area (Å²) in [6.07, 6.45) is 5.22. The molecule has 0 aromatic carbocycles. The maximum Gasteiger partial charge on any atom is 0.242 e. The number of alkyl halides is 1. The Morgan fingerprint density at radius 2 is 1.83 bits per heavy atom. The Hall–Kier alpha value is -1.07. The highest BCUT2D eigenvalue weighted by atomic mass is 35.5. The molecular formula is C18H31ClN4O4S2. The largest absolute Gasteiger partial charge is 0.397 e. The van der Waals surface area contributed by atoms with E-state index in [1.807, 2.05) is 0 Å². The Balaban J connectivity index is 2.52. The van der Waals surface area contributed by atoms with Crippen LogP contribution in [0.5, 0.6) is 0 Å². The average Bonchev–Trinajstić information content (AvgIpc) is 2.45. The number of rotatable bonds is 5. The molecule has 11 heteroatoms. The van der Waals surface area contributed by atoms with Crippen LogP contribution >= 0.6 is 11.6 Å². The van der Waals surface area contributed by atoms with E-state index in [0.717, 1.165) is 6.42 Å². The van der Waals surface area contributed by atoms with Crippen molar-refractivity contribution >= 4 is 31.6 Å². The summed E-state index contributed by atoms with van der Waals surface area (Å²) in [7, 11) is -5.00. The van der Waals surface area contributed by atoms with Gasteiger partial charge in [0, 0.05) is 26.3 Å². The molecule has 0 aliphatic heterocycles. The molecule has 1 fully saturated rings. The van der Waals surface area contributed by atoms with E-state index in [2.05, 4.69) is 25.5 Å². The lowest BCUT2D eigenvalue weighted by Gasteiger charge is -2.39. The van der Waals surface area contributed by atoms with Crippen LogP contribution in [0.1, 0.15) is 40.0 Å². The molecule has 5 N–H and O–H groups in total. The SMILES string of the molecule is CC1CC(NS(=O)(=O)C2=CC(=CN(C)C)C(Cl)C(S(N)(=O)=O)=C2N)CC(C)(C)C1. The molecule has 1 saturated carbocycles. The summed E-state index contributed by atoms with van der Waals surface area (Å²) in [5.41, 5.74) is 5.79. The van der Waals surface area contributed by atoms with Gasteiger partial charge >= 0.3 is 0 Å². The number of nitrogens with zero attached hydrogens (tertiary/aromatic N) is 1. The van der Waals surface area contributed by atoms with Crippen molar-refractivity contribution in [2.75, 3.05) is 14.1 Å². The molecule has 29 heavy (non-hydrogen) atoms. The number of nitrogens with two attached hydrogens (primary N) is 2. The first-order valence-corrected chi connectivity index (χ1v) is 12.8. The zero-order chi connectivity index (χ0) is 22.4. The first-order chi connectivity index (χ1) is 13.0. The van der Waals surface area contributed by atoms with E-state index in [0.29, 0.717) is 18.8 Å². The highest BCUT2D eigenvalue weighted by Crippen LogP contribution is 2.40. The van der Waals surface area contributed by atoms with Crippen molar-refractivity contribution in [2.24, 2.45) is 22.2 Å². The standard InChI is InChI=1S/C18H31ClN4O4S2/c1-11-6-13(9-18(2,3)8-11)22-29(26,27)14-7-12(10-23(4)5)15(19)17(16(14)20)28(21,24)25/h7,10-11,13,15,22H,6,8-9,20H2,1-5H3,(H2,21,24,25). The third-order valence-electron chi connectivity index (χ3n) is 5.06. The van der Waals surface area contributed by atoms with Crippen LogP contribution in [0.2, 0.25) is 0 Å². The molecule has 0 spiro atoms. The molecular weight excluding hydrogens is 436 g/mol. The molecule has 0 aromatic heterocycles. The van der Waals surface area contributed by atoms with Crippen LogP contribution in [0.15, 0.2) is 33.4 Å². The monoisotopic (exact) mass is 466 g/mol. The second-order valence-corrected chi connectivity index (χ2v) is 12.7. The Morgan fingerprint density at radius 1 is 1.24 bits per heavy atom. The maximum absolute atomic E-state index is 13.2. The summed E-state index contributed by atoms with van der Waals surface area (Å²) in [4.78, 5) is 0.794. The Labute approximate surface area is 179 Å². The third-order valence-corrected chi connectivity index (χ3v) is 8.29. The molecule has 0 radical (unpaired) electrons. The van der Waals surface area contributed by atoms with Gasteiger partial charge in [0.05, 0.1) is 11.1 Å². The van der Waals surface area contributed by atoms with Crippen molar-refractivity contribution < 1.29 is 16.8 Å². The second-order valence-electron chi connectivity index (χ2n) is 9.02. The molecule has 2 aliphatic rings. The van der Waals surface area contributed by atoms with E-state index in [1.165, 1.54) is 12.3 Å². The van der Waals surface area contributed by atoms with E-state index >= 15 is 0 Å². The topological polar surface area (TPSA) is 136 Å². The van der Waals surface area contributed by atoms with Crippen LogP contribution in [-0.4, -0.2) is 47.2 Å². The molecule has 3 atom stereocenters. The number of hydrogen-bond acceptors (Lipinski definition) is 6. The minimum atomic E-state index is -4.32. The fourth-order valence-electron chi connectivity index (χ4n) is 4.35. The van der Waals surface area contributed by atoms with Gasteiger partial charge in [-0.05, 0) is 42.2 Å². The van der Waals surface area contributed by atoms with Gasteiger partial charge in [-0.2, -0.15) is 0 Å². The van der Waals surface area contributed by atoms with Gasteiger partial charge in [-0.1, -0.05) is 20.8 Å². The van der Waals surface area contributed by atoms with Gasteiger partial charge in [0.15, 0.2) is 0 Å². The first-order valence-electron chi connectivity index (χ1n) is 9.32. The lowest BCUT2D eigenvalue weighted by molar-refractivity contribution is 0.163. The van der Waals surface area contributed by atoms with Crippen LogP contribution in [0, 0.1) is 11.3 Å². The van der Waals surface area contributed by atoms with E-state index < -0.39 is 36.0 Å². The Bertz CT molecular complexity index is 966. The highest BCUT2D eigenvalue weighted by molar-refractivity contribution is 7.94. The molecule has 0 heterocycles. The van der Waals surface area contributed by atoms with E-state index in [-0.39, 0.29) is 21.9 Å². The van der Waals surface area contributed by atoms with Crippen molar-refractivity contribution in [3.05, 3.63) is 33.4 Å². The first kappa shape index (κ1) is 24.2. The number of primary sulfonamides is 1. The molecule has 2 aliphatic carbocycles. The minimum Gasteiger partial charge on any atom is -0.397 e. The second kappa shape index (κ2) is 8.22. The van der Waals surface area contributed by atoms with Crippen LogP contribution < -0.4 is 15.6 Å². The van der Waals surface area contributed by atoms with Gasteiger partial charge in [0.1, 0.15) is 9.81 Å². The summed E-state index contributed by atoms with van der Waals surface area (Å²) < 4.78 is 53.3. The summed E-state index contributed by atoms with van der Waals surface area (Å²) in [6, 6.07) is -0.277. The van der Waals surface area contributed by atoms with E-state index in [1.54, 1.807) is 19.0 Å². The smallest absolute Gasteiger partial charge is 0.242 e. The summed E-state index contributed by atoms with van der Waals surface area (Å²) in [5, 5.41) is 4.11. The van der Waals surface area contributed by atoms with Crippen molar-refractivity contribution in [1.82, 2.24) is 9.62 Å². The zero-order valence-electron chi connectivity index (χ0n) is 17.4. The van der Waals surface area contributed by atoms with E-state index in [4.69, 9.17) is 22.5 Å².